The summed E-state index contributed by atoms with van der Waals surface area (Å²) in [5, 5.41) is 9.98. The Kier molecular flexibility index (Phi) is 4.59. The molecule has 4 N–H and O–H groups in total. The second kappa shape index (κ2) is 5.59. The highest BCUT2D eigenvalue weighted by Gasteiger charge is 2.19. The zero-order valence-electron chi connectivity index (χ0n) is 10.2. The van der Waals surface area contributed by atoms with Gasteiger partial charge in [-0.1, -0.05) is 25.2 Å². The lowest BCUT2D eigenvalue weighted by Crippen LogP contribution is -2.39. The van der Waals surface area contributed by atoms with Crippen LogP contribution in [0.2, 0.25) is 0 Å². The van der Waals surface area contributed by atoms with Gasteiger partial charge >= 0.3 is 0 Å². The highest BCUT2D eigenvalue weighted by molar-refractivity contribution is 7.92. The number of nitrogens with zero attached hydrogens (tertiary/aromatic N) is 2. The zero-order chi connectivity index (χ0) is 13.9. The topological polar surface area (TPSA) is 127 Å². The van der Waals surface area contributed by atoms with E-state index in [1.165, 1.54) is 0 Å². The monoisotopic (exact) mass is 293 g/mol. The Morgan fingerprint density at radius 2 is 1.89 bits per heavy atom. The molecule has 8 nitrogen and oxygen atoms in total. The van der Waals surface area contributed by atoms with Crippen LogP contribution in [0.5, 0.6) is 0 Å². The predicted octanol–water partition coefficient (Wildman–Crippen LogP) is -0.169. The maximum atomic E-state index is 11.6. The van der Waals surface area contributed by atoms with Crippen LogP contribution in [-0.2, 0) is 14.8 Å². The normalized spacial score (nSPS) is 13.4. The maximum Gasteiger partial charge on any atom is 0.243 e. The molecular weight excluding hydrogens is 278 g/mol. The van der Waals surface area contributed by atoms with Crippen LogP contribution in [0.15, 0.2) is 0 Å². The SMILES string of the molecule is CC(C)[C@H](N)C(=O)Nc1nnc(NS(C)(=O)=O)s1. The highest BCUT2D eigenvalue weighted by Crippen LogP contribution is 2.20. The quantitative estimate of drug-likeness (QED) is 0.691. The highest BCUT2D eigenvalue weighted by atomic mass is 32.2. The van der Waals surface area contributed by atoms with Gasteiger partial charge in [-0.3, -0.25) is 14.8 Å². The molecule has 1 atom stereocenters. The van der Waals surface area contributed by atoms with Gasteiger partial charge in [-0.2, -0.15) is 0 Å². The Balaban J connectivity index is 2.67. The van der Waals surface area contributed by atoms with E-state index in [9.17, 15) is 13.2 Å². The first-order chi connectivity index (χ1) is 8.19. The fourth-order valence-corrected chi connectivity index (χ4v) is 2.44. The summed E-state index contributed by atoms with van der Waals surface area (Å²) in [6.07, 6.45) is 1.00. The molecule has 0 radical (unpaired) electrons. The van der Waals surface area contributed by atoms with E-state index in [0.29, 0.717) is 0 Å². The Hall–Kier alpha value is -1.26. The van der Waals surface area contributed by atoms with Gasteiger partial charge in [-0.05, 0) is 5.92 Å². The summed E-state index contributed by atoms with van der Waals surface area (Å²) in [5.41, 5.74) is 5.65. The third-order valence-corrected chi connectivity index (χ3v) is 3.40. The number of aromatic nitrogens is 2. The predicted molar refractivity (Wildman–Crippen MR) is 69.8 cm³/mol. The largest absolute Gasteiger partial charge is 0.320 e. The summed E-state index contributed by atoms with van der Waals surface area (Å²) >= 11 is 0.917. The van der Waals surface area contributed by atoms with Crippen molar-refractivity contribution in [3.8, 4) is 0 Å². The molecule has 0 aliphatic carbocycles. The van der Waals surface area contributed by atoms with E-state index in [4.69, 9.17) is 5.73 Å². The molecule has 18 heavy (non-hydrogen) atoms. The van der Waals surface area contributed by atoms with Gasteiger partial charge in [0.2, 0.25) is 26.2 Å². The van der Waals surface area contributed by atoms with Gasteiger partial charge in [0.25, 0.3) is 0 Å². The summed E-state index contributed by atoms with van der Waals surface area (Å²) in [6, 6.07) is -0.653. The minimum absolute atomic E-state index is 0.00784. The lowest BCUT2D eigenvalue weighted by atomic mass is 10.1. The van der Waals surface area contributed by atoms with Crippen molar-refractivity contribution in [1.29, 1.82) is 0 Å². The number of hydrogen-bond acceptors (Lipinski definition) is 7. The van der Waals surface area contributed by atoms with Crippen molar-refractivity contribution in [2.45, 2.75) is 19.9 Å². The van der Waals surface area contributed by atoms with Gasteiger partial charge < -0.3 is 5.73 Å². The first-order valence-corrected chi connectivity index (χ1v) is 7.77. The summed E-state index contributed by atoms with van der Waals surface area (Å²) in [6.45, 7) is 3.64. The van der Waals surface area contributed by atoms with Gasteiger partial charge in [0, 0.05) is 0 Å². The van der Waals surface area contributed by atoms with Crippen molar-refractivity contribution in [3.05, 3.63) is 0 Å². The summed E-state index contributed by atoms with van der Waals surface area (Å²) in [4.78, 5) is 11.6. The van der Waals surface area contributed by atoms with E-state index >= 15 is 0 Å². The molecule has 1 aromatic rings. The van der Waals surface area contributed by atoms with Crippen LogP contribution in [0.4, 0.5) is 10.3 Å². The molecule has 0 saturated heterocycles. The van der Waals surface area contributed by atoms with Gasteiger partial charge in [0.1, 0.15) is 0 Å². The van der Waals surface area contributed by atoms with E-state index < -0.39 is 16.1 Å². The van der Waals surface area contributed by atoms with E-state index in [-0.39, 0.29) is 22.1 Å². The minimum Gasteiger partial charge on any atom is -0.320 e. The molecule has 10 heteroatoms. The van der Waals surface area contributed by atoms with Crippen molar-refractivity contribution < 1.29 is 13.2 Å². The molecule has 102 valence electrons. The first-order valence-electron chi connectivity index (χ1n) is 5.07. The van der Waals surface area contributed by atoms with Gasteiger partial charge in [-0.25, -0.2) is 8.42 Å². The number of carbonyl (C=O) groups is 1. The third-order valence-electron chi connectivity index (χ3n) is 1.95. The second-order valence-corrected chi connectivity index (χ2v) is 6.77. The minimum atomic E-state index is -3.40. The summed E-state index contributed by atoms with van der Waals surface area (Å²) < 4.78 is 24.1. The van der Waals surface area contributed by atoms with E-state index in [2.05, 4.69) is 20.2 Å². The van der Waals surface area contributed by atoms with Crippen LogP contribution in [0.3, 0.4) is 0 Å². The number of amides is 1. The summed E-state index contributed by atoms with van der Waals surface area (Å²) in [7, 11) is -3.40. The van der Waals surface area contributed by atoms with Crippen molar-refractivity contribution >= 4 is 37.5 Å². The van der Waals surface area contributed by atoms with E-state index in [1.807, 2.05) is 13.8 Å². The average Bonchev–Trinajstić information content (AvgIpc) is 2.61. The molecule has 1 heterocycles. The Morgan fingerprint density at radius 1 is 1.33 bits per heavy atom. The number of nitrogens with one attached hydrogen (secondary N) is 2. The second-order valence-electron chi connectivity index (χ2n) is 4.05. The fraction of sp³-hybridized carbons (Fsp3) is 0.625. The molecule has 0 saturated carbocycles. The summed E-state index contributed by atoms with van der Waals surface area (Å²) in [5.74, 6) is -0.390. The average molecular weight is 293 g/mol. The van der Waals surface area contributed by atoms with E-state index in [1.54, 1.807) is 0 Å². The van der Waals surface area contributed by atoms with Gasteiger partial charge in [-0.15, -0.1) is 10.2 Å². The van der Waals surface area contributed by atoms with Crippen LogP contribution < -0.4 is 15.8 Å². The number of hydrogen-bond donors (Lipinski definition) is 3. The molecule has 0 aliphatic heterocycles. The molecule has 0 bridgehead atoms. The Bertz CT molecular complexity index is 525. The first kappa shape index (κ1) is 14.8. The van der Waals surface area contributed by atoms with Gasteiger partial charge in [0.05, 0.1) is 12.3 Å². The molecular formula is C8H15N5O3S2. The van der Waals surface area contributed by atoms with Gasteiger partial charge in [0.15, 0.2) is 0 Å². The molecule has 0 spiro atoms. The molecule has 0 fully saturated rings. The zero-order valence-corrected chi connectivity index (χ0v) is 11.8. The lowest BCUT2D eigenvalue weighted by molar-refractivity contribution is -0.118. The Morgan fingerprint density at radius 3 is 2.39 bits per heavy atom. The fourth-order valence-electron chi connectivity index (χ4n) is 0.965. The van der Waals surface area contributed by atoms with Crippen LogP contribution >= 0.6 is 11.3 Å². The van der Waals surface area contributed by atoms with Crippen molar-refractivity contribution in [2.24, 2.45) is 11.7 Å². The lowest BCUT2D eigenvalue weighted by Gasteiger charge is -2.13. The van der Waals surface area contributed by atoms with Crippen molar-refractivity contribution in [2.75, 3.05) is 16.3 Å². The number of anilines is 2. The van der Waals surface area contributed by atoms with Crippen LogP contribution in [0.25, 0.3) is 0 Å². The molecule has 1 aromatic heterocycles. The number of nitrogens with two attached hydrogens (primary N) is 1. The number of sulfonamides is 1. The van der Waals surface area contributed by atoms with Crippen LogP contribution in [0.1, 0.15) is 13.8 Å². The molecule has 0 unspecified atom stereocenters. The van der Waals surface area contributed by atoms with E-state index in [0.717, 1.165) is 17.6 Å². The number of rotatable bonds is 5. The third kappa shape index (κ3) is 4.55. The van der Waals surface area contributed by atoms with Crippen molar-refractivity contribution in [1.82, 2.24) is 10.2 Å². The standard InChI is InChI=1S/C8H15N5O3S2/c1-4(2)5(9)6(14)10-7-11-12-8(17-7)13-18(3,15)16/h4-5H,9H2,1-3H3,(H,12,13)(H,10,11,14)/t5-/m0/s1. The molecule has 1 rings (SSSR count). The Labute approximate surface area is 109 Å². The molecule has 1 amide bonds. The smallest absolute Gasteiger partial charge is 0.243 e. The maximum absolute atomic E-state index is 11.6. The molecule has 0 aromatic carbocycles. The van der Waals surface area contributed by atoms with Crippen LogP contribution in [-0.4, -0.2) is 36.8 Å². The molecule has 0 aliphatic rings. The van der Waals surface area contributed by atoms with Crippen molar-refractivity contribution in [3.63, 3.8) is 0 Å². The van der Waals surface area contributed by atoms with Crippen LogP contribution in [0, 0.1) is 5.92 Å². The number of carbonyl (C=O) groups excluding carboxylic acids is 1.